The van der Waals surface area contributed by atoms with Crippen LogP contribution in [0.4, 0.5) is 0 Å². The van der Waals surface area contributed by atoms with E-state index in [0.717, 1.165) is 24.8 Å². The predicted molar refractivity (Wildman–Crippen MR) is 93.8 cm³/mol. The summed E-state index contributed by atoms with van der Waals surface area (Å²) < 4.78 is 29.0. The summed E-state index contributed by atoms with van der Waals surface area (Å²) in [6.07, 6.45) is 7.09. The van der Waals surface area contributed by atoms with Gasteiger partial charge in [0, 0.05) is 0 Å². The Kier molecular flexibility index (Phi) is 9.69. The largest absolute Gasteiger partial charge is 0.790 e. The first-order valence-electron chi connectivity index (χ1n) is 8.11. The number of rotatable bonds is 11. The van der Waals surface area contributed by atoms with Crippen LogP contribution in [0.5, 0.6) is 0 Å². The number of allylic oxidation sites excluding steroid dienone is 3. The molecule has 1 unspecified atom stereocenters. The molecule has 0 aliphatic heterocycles. The SMILES string of the molecule is C/C(=C\COP(=O)([O-])OP(=O)([O-])[O-])CC/C=C(\C)CCc1ccccc1. The van der Waals surface area contributed by atoms with Crippen LogP contribution >= 0.6 is 15.6 Å². The Hall–Kier alpha value is -1.04. The van der Waals surface area contributed by atoms with E-state index >= 15 is 0 Å². The van der Waals surface area contributed by atoms with E-state index in [1.807, 2.05) is 18.2 Å². The van der Waals surface area contributed by atoms with Gasteiger partial charge in [-0.15, -0.1) is 0 Å². The molecular formula is C17H23O7P2-3. The molecule has 0 aliphatic carbocycles. The van der Waals surface area contributed by atoms with Crippen molar-refractivity contribution in [3.05, 3.63) is 59.2 Å². The summed E-state index contributed by atoms with van der Waals surface area (Å²) in [7, 11) is -10.8. The molecule has 1 rings (SSSR count). The van der Waals surface area contributed by atoms with Gasteiger partial charge in [0.05, 0.1) is 14.4 Å². The van der Waals surface area contributed by atoms with E-state index in [9.17, 15) is 23.8 Å². The highest BCUT2D eigenvalue weighted by molar-refractivity contribution is 7.58. The van der Waals surface area contributed by atoms with E-state index in [2.05, 4.69) is 34.0 Å². The monoisotopic (exact) mass is 401 g/mol. The van der Waals surface area contributed by atoms with E-state index in [0.29, 0.717) is 6.42 Å². The summed E-state index contributed by atoms with van der Waals surface area (Å²) in [5.41, 5.74) is 3.44. The zero-order valence-corrected chi connectivity index (χ0v) is 16.6. The third kappa shape index (κ3) is 11.6. The number of benzene rings is 1. The first-order valence-corrected chi connectivity index (χ1v) is 11.0. The fourth-order valence-corrected chi connectivity index (χ4v) is 3.58. The first-order chi connectivity index (χ1) is 12.1. The average molecular weight is 401 g/mol. The molecule has 0 radical (unpaired) electrons. The van der Waals surface area contributed by atoms with Crippen LogP contribution in [0.2, 0.25) is 0 Å². The molecule has 0 fully saturated rings. The zero-order valence-electron chi connectivity index (χ0n) is 14.8. The second kappa shape index (κ2) is 11.0. The van der Waals surface area contributed by atoms with Gasteiger partial charge in [0.1, 0.15) is 0 Å². The Bertz CT molecular complexity index is 707. The lowest BCUT2D eigenvalue weighted by Crippen LogP contribution is -2.19. The number of hydrogen-bond acceptors (Lipinski definition) is 7. The number of phosphoric ester groups is 1. The number of hydrogen-bond donors (Lipinski definition) is 0. The van der Waals surface area contributed by atoms with Gasteiger partial charge in [-0.2, -0.15) is 0 Å². The maximum absolute atomic E-state index is 11.1. The quantitative estimate of drug-likeness (QED) is 0.413. The van der Waals surface area contributed by atoms with Crippen LogP contribution in [-0.4, -0.2) is 6.61 Å². The molecule has 9 heteroatoms. The van der Waals surface area contributed by atoms with Gasteiger partial charge >= 0.3 is 0 Å². The van der Waals surface area contributed by atoms with Crippen molar-refractivity contribution >= 4 is 15.6 Å². The van der Waals surface area contributed by atoms with Gasteiger partial charge in [-0.25, -0.2) is 0 Å². The average Bonchev–Trinajstić information content (AvgIpc) is 2.51. The first kappa shape index (κ1) is 23.0. The fraction of sp³-hybridized carbons (Fsp3) is 0.412. The molecule has 1 aromatic rings. The molecule has 0 saturated carbocycles. The van der Waals surface area contributed by atoms with Crippen molar-refractivity contribution in [2.24, 2.45) is 0 Å². The van der Waals surface area contributed by atoms with E-state index < -0.39 is 15.6 Å². The maximum Gasteiger partial charge on any atom is 0.272 e. The lowest BCUT2D eigenvalue weighted by atomic mass is 10.0. The summed E-state index contributed by atoms with van der Waals surface area (Å²) in [4.78, 5) is 31.6. The Morgan fingerprint density at radius 3 is 2.23 bits per heavy atom. The molecule has 1 atom stereocenters. The highest BCUT2D eigenvalue weighted by Gasteiger charge is 2.10. The van der Waals surface area contributed by atoms with Crippen LogP contribution in [0.1, 0.15) is 38.7 Å². The zero-order chi connectivity index (χ0) is 19.6. The molecule has 0 aromatic heterocycles. The van der Waals surface area contributed by atoms with Gasteiger partial charge in [0.2, 0.25) is 0 Å². The lowest BCUT2D eigenvalue weighted by Gasteiger charge is -2.34. The Morgan fingerprint density at radius 2 is 1.62 bits per heavy atom. The van der Waals surface area contributed by atoms with Crippen LogP contribution in [0.15, 0.2) is 53.6 Å². The molecule has 0 N–H and O–H groups in total. The summed E-state index contributed by atoms with van der Waals surface area (Å²) in [5, 5.41) is 0. The summed E-state index contributed by atoms with van der Waals surface area (Å²) in [6.45, 7) is 3.49. The third-order valence-electron chi connectivity index (χ3n) is 3.55. The molecule has 0 saturated heterocycles. The predicted octanol–water partition coefficient (Wildman–Crippen LogP) is 2.62. The second-order valence-corrected chi connectivity index (χ2v) is 8.60. The smallest absolute Gasteiger partial charge is 0.272 e. The van der Waals surface area contributed by atoms with Gasteiger partial charge in [-0.05, 0) is 45.1 Å². The van der Waals surface area contributed by atoms with E-state index in [4.69, 9.17) is 0 Å². The topological polar surface area (TPSA) is 122 Å². The van der Waals surface area contributed by atoms with E-state index in [1.165, 1.54) is 17.2 Å². The highest BCUT2D eigenvalue weighted by atomic mass is 31.3. The molecule has 7 nitrogen and oxygen atoms in total. The minimum atomic E-state index is -5.64. The van der Waals surface area contributed by atoms with Crippen molar-refractivity contribution in [1.82, 2.24) is 0 Å². The van der Waals surface area contributed by atoms with Crippen LogP contribution in [0.3, 0.4) is 0 Å². The highest BCUT2D eigenvalue weighted by Crippen LogP contribution is 2.50. The molecule has 0 aliphatic rings. The third-order valence-corrected chi connectivity index (χ3v) is 5.61. The van der Waals surface area contributed by atoms with Crippen molar-refractivity contribution in [3.8, 4) is 0 Å². The van der Waals surface area contributed by atoms with Crippen molar-refractivity contribution in [2.45, 2.75) is 39.5 Å². The maximum atomic E-state index is 11.1. The molecule has 26 heavy (non-hydrogen) atoms. The molecule has 0 amide bonds. The molecule has 1 aromatic carbocycles. The summed E-state index contributed by atoms with van der Waals surface area (Å²) in [5.74, 6) is 0. The van der Waals surface area contributed by atoms with Gasteiger partial charge < -0.3 is 23.8 Å². The molecular weight excluding hydrogens is 378 g/mol. The molecule has 0 spiro atoms. The van der Waals surface area contributed by atoms with E-state index in [1.54, 1.807) is 6.92 Å². The Labute approximate surface area is 154 Å². The van der Waals surface area contributed by atoms with Gasteiger partial charge in [0.25, 0.3) is 7.82 Å². The van der Waals surface area contributed by atoms with Crippen LogP contribution in [0.25, 0.3) is 0 Å². The van der Waals surface area contributed by atoms with Gasteiger partial charge in [0.15, 0.2) is 0 Å². The summed E-state index contributed by atoms with van der Waals surface area (Å²) >= 11 is 0. The number of phosphoric acid groups is 2. The van der Waals surface area contributed by atoms with Crippen LogP contribution < -0.4 is 14.7 Å². The lowest BCUT2D eigenvalue weighted by molar-refractivity contribution is -0.339. The molecule has 0 heterocycles. The Morgan fingerprint density at radius 1 is 1.00 bits per heavy atom. The standard InChI is InChI=1S/C17H26O7P2/c1-15(11-12-17-9-4-3-5-10-17)7-6-8-16(2)13-14-23-26(21,22)24-25(18,19)20/h3-5,7,9-10,13H,6,8,11-12,14H2,1-2H3,(H,21,22)(H2,18,19,20)/p-3/b15-7+,16-13+. The van der Waals surface area contributed by atoms with Crippen molar-refractivity contribution in [1.29, 1.82) is 0 Å². The second-order valence-electron chi connectivity index (χ2n) is 5.90. The van der Waals surface area contributed by atoms with Crippen LogP contribution in [-0.2, 0) is 24.4 Å². The summed E-state index contributed by atoms with van der Waals surface area (Å²) in [6, 6.07) is 10.2. The fourth-order valence-electron chi connectivity index (χ4n) is 2.15. The van der Waals surface area contributed by atoms with Crippen molar-refractivity contribution in [2.75, 3.05) is 6.61 Å². The minimum absolute atomic E-state index is 0.386. The number of aryl methyl sites for hydroxylation is 1. The Balaban J connectivity index is 2.31. The molecule has 0 bridgehead atoms. The van der Waals surface area contributed by atoms with Crippen molar-refractivity contribution < 1.29 is 32.6 Å². The van der Waals surface area contributed by atoms with Gasteiger partial charge in [-0.1, -0.05) is 53.6 Å². The normalized spacial score (nSPS) is 15.7. The van der Waals surface area contributed by atoms with Gasteiger partial charge in [-0.3, -0.25) is 8.88 Å². The molecule has 146 valence electrons. The van der Waals surface area contributed by atoms with Crippen LogP contribution in [0, 0.1) is 0 Å². The van der Waals surface area contributed by atoms with E-state index in [-0.39, 0.29) is 6.61 Å². The minimum Gasteiger partial charge on any atom is -0.790 e. The van der Waals surface area contributed by atoms with Crippen molar-refractivity contribution in [3.63, 3.8) is 0 Å².